The summed E-state index contributed by atoms with van der Waals surface area (Å²) < 4.78 is 1.72. The van der Waals surface area contributed by atoms with Gasteiger partial charge in [0.15, 0.2) is 0 Å². The lowest BCUT2D eigenvalue weighted by Crippen LogP contribution is -1.92. The van der Waals surface area contributed by atoms with Gasteiger partial charge in [0.25, 0.3) is 0 Å². The van der Waals surface area contributed by atoms with Gasteiger partial charge in [0.2, 0.25) is 10.8 Å². The lowest BCUT2D eigenvalue weighted by Gasteiger charge is -1.95. The van der Waals surface area contributed by atoms with Crippen molar-refractivity contribution in [3.63, 3.8) is 0 Å². The van der Waals surface area contributed by atoms with Crippen LogP contribution in [0.2, 0.25) is 0 Å². The van der Waals surface area contributed by atoms with E-state index in [0.717, 1.165) is 21.2 Å². The van der Waals surface area contributed by atoms with Gasteiger partial charge in [-0.3, -0.25) is 9.97 Å². The molecule has 0 aromatic carbocycles. The fourth-order valence-corrected chi connectivity index (χ4v) is 2.71. The summed E-state index contributed by atoms with van der Waals surface area (Å²) in [5.41, 5.74) is 1.72. The van der Waals surface area contributed by atoms with Crippen LogP contribution in [0.4, 0.5) is 0 Å². The Morgan fingerprint density at radius 1 is 1.00 bits per heavy atom. The van der Waals surface area contributed by atoms with Crippen molar-refractivity contribution in [2.45, 2.75) is 0 Å². The first-order valence-electron chi connectivity index (χ1n) is 5.96. The van der Waals surface area contributed by atoms with E-state index in [1.165, 1.54) is 11.3 Å². The van der Waals surface area contributed by atoms with Crippen LogP contribution in [0.25, 0.3) is 27.1 Å². The average molecular weight is 280 g/mol. The molecule has 0 saturated carbocycles. The Kier molecular flexibility index (Phi) is 2.49. The summed E-state index contributed by atoms with van der Waals surface area (Å²) in [5.74, 6) is 0.645. The second kappa shape index (κ2) is 4.46. The van der Waals surface area contributed by atoms with Crippen LogP contribution in [-0.2, 0) is 0 Å². The molecule has 0 aliphatic heterocycles. The zero-order chi connectivity index (χ0) is 13.4. The highest BCUT2D eigenvalue weighted by molar-refractivity contribution is 7.19. The fourth-order valence-electron chi connectivity index (χ4n) is 1.88. The highest BCUT2D eigenvalue weighted by Crippen LogP contribution is 2.26. The minimum atomic E-state index is 0.645. The van der Waals surface area contributed by atoms with E-state index in [1.54, 1.807) is 23.1 Å². The first-order valence-corrected chi connectivity index (χ1v) is 6.77. The van der Waals surface area contributed by atoms with E-state index in [1.807, 2.05) is 30.3 Å². The molecule has 0 aliphatic rings. The molecular weight excluding hydrogens is 272 g/mol. The Bertz CT molecular complexity index is 852. The standard InChI is InChI=1S/C13H8N6S/c1-2-7-15-10(5-1)11-16-17-13-19(11)18-12(20-13)9-4-3-6-14-8-9/h1-8H. The fraction of sp³-hybridized carbons (Fsp3) is 0. The van der Waals surface area contributed by atoms with Gasteiger partial charge in [0, 0.05) is 24.2 Å². The zero-order valence-electron chi connectivity index (χ0n) is 10.2. The minimum absolute atomic E-state index is 0.645. The number of hydrogen-bond donors (Lipinski definition) is 0. The Hall–Kier alpha value is -2.67. The maximum atomic E-state index is 4.55. The van der Waals surface area contributed by atoms with Gasteiger partial charge in [-0.25, -0.2) is 0 Å². The van der Waals surface area contributed by atoms with Gasteiger partial charge >= 0.3 is 0 Å². The molecular formula is C13H8N6S. The smallest absolute Gasteiger partial charge is 0.235 e. The van der Waals surface area contributed by atoms with Crippen molar-refractivity contribution in [1.82, 2.24) is 29.8 Å². The second-order valence-electron chi connectivity index (χ2n) is 4.08. The molecule has 20 heavy (non-hydrogen) atoms. The van der Waals surface area contributed by atoms with Crippen molar-refractivity contribution >= 4 is 16.3 Å². The lowest BCUT2D eigenvalue weighted by atomic mass is 10.3. The van der Waals surface area contributed by atoms with Crippen LogP contribution >= 0.6 is 11.3 Å². The van der Waals surface area contributed by atoms with Crippen LogP contribution in [0.1, 0.15) is 0 Å². The third-order valence-corrected chi connectivity index (χ3v) is 3.74. The quantitative estimate of drug-likeness (QED) is 0.563. The van der Waals surface area contributed by atoms with Gasteiger partial charge in [-0.15, -0.1) is 10.2 Å². The average Bonchev–Trinajstić information content (AvgIpc) is 3.09. The van der Waals surface area contributed by atoms with Gasteiger partial charge < -0.3 is 0 Å². The van der Waals surface area contributed by atoms with E-state index in [2.05, 4.69) is 25.3 Å². The molecule has 0 fully saturated rings. The van der Waals surface area contributed by atoms with Gasteiger partial charge in [-0.05, 0) is 24.3 Å². The number of nitrogens with zero attached hydrogens (tertiary/aromatic N) is 6. The summed E-state index contributed by atoms with van der Waals surface area (Å²) >= 11 is 1.48. The van der Waals surface area contributed by atoms with Crippen LogP contribution in [0.3, 0.4) is 0 Å². The molecule has 4 rings (SSSR count). The van der Waals surface area contributed by atoms with Crippen molar-refractivity contribution in [1.29, 1.82) is 0 Å². The Morgan fingerprint density at radius 2 is 2.00 bits per heavy atom. The molecule has 0 atom stereocenters. The van der Waals surface area contributed by atoms with Crippen molar-refractivity contribution in [2.75, 3.05) is 0 Å². The summed E-state index contributed by atoms with van der Waals surface area (Å²) in [7, 11) is 0. The molecule has 4 aromatic rings. The van der Waals surface area contributed by atoms with E-state index >= 15 is 0 Å². The minimum Gasteiger partial charge on any atom is -0.264 e. The Morgan fingerprint density at radius 3 is 2.80 bits per heavy atom. The molecule has 0 spiro atoms. The van der Waals surface area contributed by atoms with E-state index in [0.29, 0.717) is 5.82 Å². The molecule has 0 radical (unpaired) electrons. The third kappa shape index (κ3) is 1.76. The maximum Gasteiger partial charge on any atom is 0.235 e. The van der Waals surface area contributed by atoms with Gasteiger partial charge in [0.1, 0.15) is 10.7 Å². The van der Waals surface area contributed by atoms with Gasteiger partial charge in [0.05, 0.1) is 0 Å². The largest absolute Gasteiger partial charge is 0.264 e. The van der Waals surface area contributed by atoms with E-state index in [-0.39, 0.29) is 0 Å². The summed E-state index contributed by atoms with van der Waals surface area (Å²) in [6.45, 7) is 0. The van der Waals surface area contributed by atoms with E-state index in [9.17, 15) is 0 Å². The Labute approximate surface area is 117 Å². The van der Waals surface area contributed by atoms with Crippen LogP contribution in [-0.4, -0.2) is 29.8 Å². The predicted molar refractivity (Wildman–Crippen MR) is 75.1 cm³/mol. The lowest BCUT2D eigenvalue weighted by molar-refractivity contribution is 0.961. The Balaban J connectivity index is 1.88. The number of aromatic nitrogens is 6. The van der Waals surface area contributed by atoms with Crippen LogP contribution in [0, 0.1) is 0 Å². The first kappa shape index (κ1) is 11.2. The number of fused-ring (bicyclic) bond motifs is 1. The third-order valence-electron chi connectivity index (χ3n) is 2.79. The summed E-state index contributed by atoms with van der Waals surface area (Å²) in [6, 6.07) is 9.53. The van der Waals surface area contributed by atoms with Crippen molar-refractivity contribution in [2.24, 2.45) is 0 Å². The number of hydrogen-bond acceptors (Lipinski definition) is 6. The summed E-state index contributed by atoms with van der Waals surface area (Å²) in [6.07, 6.45) is 5.25. The first-order chi connectivity index (χ1) is 9.92. The van der Waals surface area contributed by atoms with Crippen LogP contribution in [0.5, 0.6) is 0 Å². The molecule has 96 valence electrons. The normalized spacial score (nSPS) is 11.0. The van der Waals surface area contributed by atoms with Crippen LogP contribution < -0.4 is 0 Å². The van der Waals surface area contributed by atoms with Gasteiger partial charge in [-0.1, -0.05) is 17.4 Å². The molecule has 0 amide bonds. The predicted octanol–water partition coefficient (Wildman–Crippen LogP) is 2.31. The van der Waals surface area contributed by atoms with Crippen molar-refractivity contribution < 1.29 is 0 Å². The molecule has 0 N–H and O–H groups in total. The molecule has 0 saturated heterocycles. The maximum absolute atomic E-state index is 4.55. The molecule has 6 nitrogen and oxygen atoms in total. The second-order valence-corrected chi connectivity index (χ2v) is 5.04. The SMILES string of the molecule is c1ccc(-c2nnc3sc(-c4cccnc4)nn23)nc1. The molecule has 4 heterocycles. The van der Waals surface area contributed by atoms with Crippen LogP contribution in [0.15, 0.2) is 48.9 Å². The molecule has 0 bridgehead atoms. The molecule has 0 aliphatic carbocycles. The number of rotatable bonds is 2. The van der Waals surface area contributed by atoms with Gasteiger partial charge in [-0.2, -0.15) is 9.61 Å². The van der Waals surface area contributed by atoms with Crippen molar-refractivity contribution in [3.8, 4) is 22.1 Å². The molecule has 0 unspecified atom stereocenters. The summed E-state index contributed by atoms with van der Waals surface area (Å²) in [4.78, 5) is 9.13. The monoisotopic (exact) mass is 280 g/mol. The van der Waals surface area contributed by atoms with E-state index in [4.69, 9.17) is 0 Å². The summed E-state index contributed by atoms with van der Waals surface area (Å²) in [5, 5.41) is 13.7. The van der Waals surface area contributed by atoms with E-state index < -0.39 is 0 Å². The molecule has 4 aromatic heterocycles. The number of pyridine rings is 2. The topological polar surface area (TPSA) is 68.9 Å². The van der Waals surface area contributed by atoms with Crippen molar-refractivity contribution in [3.05, 3.63) is 48.9 Å². The highest BCUT2D eigenvalue weighted by atomic mass is 32.1. The zero-order valence-corrected chi connectivity index (χ0v) is 11.0. The highest BCUT2D eigenvalue weighted by Gasteiger charge is 2.14. The molecule has 7 heteroatoms.